The molecule has 0 aliphatic heterocycles. The standard InChI is InChI=1S/C19H20N2O4S/c1-21(2)26(23,24)17-12-10-16(11-13-17)19(22)20-14-6-8-15-7-4-5-9-18(15)25-3/h4-5,7,9-13H,14H2,1-3H3,(H,20,22). The SMILES string of the molecule is COc1ccccc1C#CCNC(=O)c1ccc(S(=O)(=O)N(C)C)cc1. The molecule has 2 aromatic carbocycles. The van der Waals surface area contributed by atoms with Crippen LogP contribution in [0.2, 0.25) is 0 Å². The van der Waals surface area contributed by atoms with E-state index < -0.39 is 10.0 Å². The summed E-state index contributed by atoms with van der Waals surface area (Å²) < 4.78 is 30.3. The quantitative estimate of drug-likeness (QED) is 0.811. The minimum Gasteiger partial charge on any atom is -0.495 e. The molecule has 0 aliphatic rings. The molecule has 1 amide bonds. The molecular weight excluding hydrogens is 352 g/mol. The van der Waals surface area contributed by atoms with E-state index >= 15 is 0 Å². The number of ether oxygens (including phenoxy) is 1. The van der Waals surface area contributed by atoms with Gasteiger partial charge in [0.25, 0.3) is 5.91 Å². The van der Waals surface area contributed by atoms with Gasteiger partial charge in [-0.05, 0) is 36.4 Å². The maximum atomic E-state index is 12.1. The Hall–Kier alpha value is -2.82. The van der Waals surface area contributed by atoms with Crippen molar-refractivity contribution in [2.24, 2.45) is 0 Å². The molecule has 7 heteroatoms. The molecule has 1 N–H and O–H groups in total. The van der Waals surface area contributed by atoms with Gasteiger partial charge in [-0.2, -0.15) is 0 Å². The zero-order valence-electron chi connectivity index (χ0n) is 14.8. The second kappa shape index (κ2) is 8.52. The van der Waals surface area contributed by atoms with Gasteiger partial charge in [-0.15, -0.1) is 0 Å². The van der Waals surface area contributed by atoms with E-state index in [9.17, 15) is 13.2 Å². The molecule has 136 valence electrons. The fourth-order valence-electron chi connectivity index (χ4n) is 2.10. The minimum absolute atomic E-state index is 0.134. The number of rotatable bonds is 5. The normalized spacial score (nSPS) is 10.8. The van der Waals surface area contributed by atoms with Crippen molar-refractivity contribution < 1.29 is 17.9 Å². The van der Waals surface area contributed by atoms with E-state index in [1.54, 1.807) is 7.11 Å². The van der Waals surface area contributed by atoms with Gasteiger partial charge in [-0.3, -0.25) is 4.79 Å². The lowest BCUT2D eigenvalue weighted by Gasteiger charge is -2.11. The maximum Gasteiger partial charge on any atom is 0.252 e. The first-order valence-corrected chi connectivity index (χ1v) is 9.23. The summed E-state index contributed by atoms with van der Waals surface area (Å²) in [5, 5.41) is 2.67. The molecule has 0 bridgehead atoms. The average Bonchev–Trinajstić information content (AvgIpc) is 2.65. The van der Waals surface area contributed by atoms with Crippen molar-refractivity contribution in [2.75, 3.05) is 27.7 Å². The number of methoxy groups -OCH3 is 1. The van der Waals surface area contributed by atoms with Crippen molar-refractivity contribution in [3.05, 3.63) is 59.7 Å². The summed E-state index contributed by atoms with van der Waals surface area (Å²) in [6, 6.07) is 13.1. The molecule has 0 saturated heterocycles. The summed E-state index contributed by atoms with van der Waals surface area (Å²) in [5.41, 5.74) is 1.10. The van der Waals surface area contributed by atoms with Crippen LogP contribution in [0.3, 0.4) is 0 Å². The van der Waals surface area contributed by atoms with Crippen LogP contribution in [0.5, 0.6) is 5.75 Å². The summed E-state index contributed by atoms with van der Waals surface area (Å²) in [7, 11) is 0.971. The van der Waals surface area contributed by atoms with Crippen LogP contribution >= 0.6 is 0 Å². The lowest BCUT2D eigenvalue weighted by Crippen LogP contribution is -2.24. The largest absolute Gasteiger partial charge is 0.495 e. The Morgan fingerprint density at radius 1 is 1.12 bits per heavy atom. The maximum absolute atomic E-state index is 12.1. The van der Waals surface area contributed by atoms with Gasteiger partial charge in [0, 0.05) is 19.7 Å². The first kappa shape index (κ1) is 19.5. The highest BCUT2D eigenvalue weighted by atomic mass is 32.2. The van der Waals surface area contributed by atoms with Gasteiger partial charge in [-0.1, -0.05) is 24.0 Å². The average molecular weight is 372 g/mol. The topological polar surface area (TPSA) is 75.7 Å². The number of nitrogens with zero attached hydrogens (tertiary/aromatic N) is 1. The molecule has 0 aromatic heterocycles. The van der Waals surface area contributed by atoms with Crippen molar-refractivity contribution in [3.63, 3.8) is 0 Å². The summed E-state index contributed by atoms with van der Waals surface area (Å²) >= 11 is 0. The fraction of sp³-hybridized carbons (Fsp3) is 0.211. The first-order valence-electron chi connectivity index (χ1n) is 7.79. The molecule has 0 heterocycles. The predicted octanol–water partition coefficient (Wildman–Crippen LogP) is 1.73. The Morgan fingerprint density at radius 2 is 1.77 bits per heavy atom. The number of sulfonamides is 1. The third-order valence-corrected chi connectivity index (χ3v) is 5.39. The van der Waals surface area contributed by atoms with Crippen LogP contribution in [0.4, 0.5) is 0 Å². The summed E-state index contributed by atoms with van der Waals surface area (Å²) in [5.74, 6) is 6.15. The number of carbonyl (C=O) groups is 1. The molecule has 0 spiro atoms. The monoisotopic (exact) mass is 372 g/mol. The second-order valence-electron chi connectivity index (χ2n) is 5.50. The minimum atomic E-state index is -3.51. The van der Waals surface area contributed by atoms with Crippen molar-refractivity contribution in [3.8, 4) is 17.6 Å². The number of carbonyl (C=O) groups excluding carboxylic acids is 1. The Labute approximate surface area is 153 Å². The zero-order chi connectivity index (χ0) is 19.2. The highest BCUT2D eigenvalue weighted by Crippen LogP contribution is 2.15. The molecule has 0 fully saturated rings. The lowest BCUT2D eigenvalue weighted by atomic mass is 10.2. The molecular formula is C19H20N2O4S. The van der Waals surface area contributed by atoms with E-state index in [1.807, 2.05) is 24.3 Å². The van der Waals surface area contributed by atoms with E-state index in [4.69, 9.17) is 4.74 Å². The molecule has 0 atom stereocenters. The highest BCUT2D eigenvalue weighted by molar-refractivity contribution is 7.89. The predicted molar refractivity (Wildman–Crippen MR) is 99.5 cm³/mol. The Balaban J connectivity index is 2.00. The van der Waals surface area contributed by atoms with E-state index in [0.717, 1.165) is 9.87 Å². The van der Waals surface area contributed by atoms with Gasteiger partial charge in [0.05, 0.1) is 24.1 Å². The molecule has 0 aliphatic carbocycles. The van der Waals surface area contributed by atoms with Crippen molar-refractivity contribution in [2.45, 2.75) is 4.90 Å². The van der Waals surface area contributed by atoms with Crippen molar-refractivity contribution in [1.82, 2.24) is 9.62 Å². The van der Waals surface area contributed by atoms with Crippen LogP contribution in [0.1, 0.15) is 15.9 Å². The number of para-hydroxylation sites is 1. The zero-order valence-corrected chi connectivity index (χ0v) is 15.6. The summed E-state index contributed by atoms with van der Waals surface area (Å²) in [4.78, 5) is 12.2. The van der Waals surface area contributed by atoms with Crippen LogP contribution in [-0.4, -0.2) is 46.4 Å². The van der Waals surface area contributed by atoms with E-state index in [2.05, 4.69) is 17.2 Å². The van der Waals surface area contributed by atoms with Gasteiger partial charge < -0.3 is 10.1 Å². The van der Waals surface area contributed by atoms with Gasteiger partial charge in [0.1, 0.15) is 5.75 Å². The van der Waals surface area contributed by atoms with Gasteiger partial charge in [0.15, 0.2) is 0 Å². The van der Waals surface area contributed by atoms with Crippen LogP contribution in [-0.2, 0) is 10.0 Å². The second-order valence-corrected chi connectivity index (χ2v) is 7.65. The van der Waals surface area contributed by atoms with E-state index in [0.29, 0.717) is 11.3 Å². The molecule has 0 saturated carbocycles. The number of benzene rings is 2. The Bertz CT molecular complexity index is 939. The Morgan fingerprint density at radius 3 is 2.38 bits per heavy atom. The lowest BCUT2D eigenvalue weighted by molar-refractivity contribution is 0.0958. The fourth-order valence-corrected chi connectivity index (χ4v) is 3.00. The third-order valence-electron chi connectivity index (χ3n) is 3.56. The van der Waals surface area contributed by atoms with Crippen LogP contribution in [0.25, 0.3) is 0 Å². The first-order chi connectivity index (χ1) is 12.4. The summed E-state index contributed by atoms with van der Waals surface area (Å²) in [6.07, 6.45) is 0. The third kappa shape index (κ3) is 4.63. The molecule has 26 heavy (non-hydrogen) atoms. The van der Waals surface area contributed by atoms with Crippen LogP contribution < -0.4 is 10.1 Å². The van der Waals surface area contributed by atoms with E-state index in [-0.39, 0.29) is 17.3 Å². The molecule has 2 rings (SSSR count). The summed E-state index contributed by atoms with van der Waals surface area (Å²) in [6.45, 7) is 0.161. The Kier molecular flexibility index (Phi) is 6.39. The highest BCUT2D eigenvalue weighted by Gasteiger charge is 2.17. The van der Waals surface area contributed by atoms with Gasteiger partial charge >= 0.3 is 0 Å². The van der Waals surface area contributed by atoms with Crippen molar-refractivity contribution >= 4 is 15.9 Å². The molecule has 6 nitrogen and oxygen atoms in total. The van der Waals surface area contributed by atoms with Crippen molar-refractivity contribution in [1.29, 1.82) is 0 Å². The van der Waals surface area contributed by atoms with E-state index in [1.165, 1.54) is 38.4 Å². The smallest absolute Gasteiger partial charge is 0.252 e. The molecule has 0 unspecified atom stereocenters. The number of amides is 1. The van der Waals surface area contributed by atoms with Crippen LogP contribution in [0.15, 0.2) is 53.4 Å². The number of hydrogen-bond donors (Lipinski definition) is 1. The van der Waals surface area contributed by atoms with Crippen LogP contribution in [0, 0.1) is 11.8 Å². The number of hydrogen-bond acceptors (Lipinski definition) is 4. The van der Waals surface area contributed by atoms with Gasteiger partial charge in [-0.25, -0.2) is 12.7 Å². The molecule has 0 radical (unpaired) electrons. The number of nitrogens with one attached hydrogen (secondary N) is 1. The molecule has 2 aromatic rings. The van der Waals surface area contributed by atoms with Gasteiger partial charge in [0.2, 0.25) is 10.0 Å².